The third-order valence-electron chi connectivity index (χ3n) is 2.37. The average molecular weight is 394 g/mol. The average Bonchev–Trinajstić information content (AvgIpc) is 2.33. The van der Waals surface area contributed by atoms with E-state index in [1.165, 1.54) is 6.07 Å². The number of hydrogen-bond acceptors (Lipinski definition) is 1. The maximum absolute atomic E-state index is 13.4. The van der Waals surface area contributed by atoms with Gasteiger partial charge in [-0.2, -0.15) is 0 Å². The number of anilines is 1. The van der Waals surface area contributed by atoms with E-state index in [9.17, 15) is 13.6 Å². The van der Waals surface area contributed by atoms with Gasteiger partial charge in [-0.15, -0.1) is 0 Å². The lowest BCUT2D eigenvalue weighted by Gasteiger charge is -2.09. The number of benzene rings is 2. The summed E-state index contributed by atoms with van der Waals surface area (Å²) in [5.41, 5.74) is -0.321. The van der Waals surface area contributed by atoms with E-state index in [0.29, 0.717) is 10.7 Å². The summed E-state index contributed by atoms with van der Waals surface area (Å²) in [6, 6.07) is 8.20. The minimum atomic E-state index is -0.917. The van der Waals surface area contributed by atoms with E-state index < -0.39 is 23.1 Å². The molecular weight excluding hydrogens is 387 g/mol. The molecule has 98 valence electrons. The number of carbonyl (C=O) groups excluding carboxylic acids is 1. The van der Waals surface area contributed by atoms with Crippen LogP contribution in [0.5, 0.6) is 0 Å². The van der Waals surface area contributed by atoms with Crippen molar-refractivity contribution in [1.29, 1.82) is 0 Å². The molecule has 0 saturated heterocycles. The molecule has 0 bridgehead atoms. The number of nitrogens with one attached hydrogen (secondary N) is 1. The number of hydrogen-bond donors (Lipinski definition) is 1. The van der Waals surface area contributed by atoms with Crippen molar-refractivity contribution in [3.05, 3.63) is 62.2 Å². The quantitative estimate of drug-likeness (QED) is 0.749. The van der Waals surface area contributed by atoms with E-state index in [-0.39, 0.29) is 0 Å². The largest absolute Gasteiger partial charge is 0.320 e. The van der Waals surface area contributed by atoms with Gasteiger partial charge >= 0.3 is 0 Å². The molecule has 0 fully saturated rings. The Morgan fingerprint density at radius 3 is 2.42 bits per heavy atom. The van der Waals surface area contributed by atoms with Gasteiger partial charge in [0.2, 0.25) is 0 Å². The molecular formula is C13H7ClF2INO. The predicted molar refractivity (Wildman–Crippen MR) is 78.5 cm³/mol. The lowest BCUT2D eigenvalue weighted by Crippen LogP contribution is -2.16. The summed E-state index contributed by atoms with van der Waals surface area (Å²) in [6.07, 6.45) is 0. The van der Waals surface area contributed by atoms with Crippen molar-refractivity contribution >= 4 is 45.8 Å². The smallest absolute Gasteiger partial charge is 0.261 e. The Kier molecular flexibility index (Phi) is 4.36. The van der Waals surface area contributed by atoms with E-state index in [1.54, 1.807) is 18.2 Å². The van der Waals surface area contributed by atoms with Crippen LogP contribution < -0.4 is 5.32 Å². The highest BCUT2D eigenvalue weighted by Gasteiger charge is 2.17. The summed E-state index contributed by atoms with van der Waals surface area (Å²) in [7, 11) is 0. The van der Waals surface area contributed by atoms with Gasteiger partial charge < -0.3 is 5.32 Å². The molecule has 0 heterocycles. The molecule has 0 aliphatic carbocycles. The normalized spacial score (nSPS) is 10.3. The second kappa shape index (κ2) is 5.83. The number of rotatable bonds is 2. The zero-order valence-electron chi connectivity index (χ0n) is 9.38. The maximum Gasteiger partial charge on any atom is 0.261 e. The minimum absolute atomic E-state index is 0.297. The van der Waals surface area contributed by atoms with Crippen molar-refractivity contribution in [3.8, 4) is 0 Å². The molecule has 0 spiro atoms. The Morgan fingerprint density at radius 2 is 1.79 bits per heavy atom. The number of halogens is 4. The second-order valence-electron chi connectivity index (χ2n) is 3.67. The molecule has 0 radical (unpaired) electrons. The molecule has 1 N–H and O–H groups in total. The standard InChI is InChI=1S/C13H7ClF2INO/c14-8-5-4-7(17)6-11(8)18-13(19)12-9(15)2-1-3-10(12)16/h1-6H,(H,18,19). The molecule has 2 nitrogen and oxygen atoms in total. The number of amides is 1. The third-order valence-corrected chi connectivity index (χ3v) is 3.37. The summed E-state index contributed by atoms with van der Waals surface area (Å²) in [5, 5.41) is 2.69. The minimum Gasteiger partial charge on any atom is -0.320 e. The van der Waals surface area contributed by atoms with Gasteiger partial charge in [0.15, 0.2) is 0 Å². The third kappa shape index (κ3) is 3.22. The van der Waals surface area contributed by atoms with Crippen LogP contribution in [-0.2, 0) is 0 Å². The molecule has 6 heteroatoms. The van der Waals surface area contributed by atoms with Crippen LogP contribution in [0.25, 0.3) is 0 Å². The predicted octanol–water partition coefficient (Wildman–Crippen LogP) is 4.48. The highest BCUT2D eigenvalue weighted by Crippen LogP contribution is 2.25. The highest BCUT2D eigenvalue weighted by atomic mass is 127. The summed E-state index contributed by atoms with van der Waals surface area (Å²) >= 11 is 7.94. The Labute approximate surface area is 126 Å². The van der Waals surface area contributed by atoms with Crippen molar-refractivity contribution in [2.75, 3.05) is 5.32 Å². The van der Waals surface area contributed by atoms with Crippen LogP contribution >= 0.6 is 34.2 Å². The first-order valence-corrected chi connectivity index (χ1v) is 6.65. The first-order chi connectivity index (χ1) is 8.99. The van der Waals surface area contributed by atoms with Gasteiger partial charge in [0.05, 0.1) is 10.7 Å². The lowest BCUT2D eigenvalue weighted by atomic mass is 10.2. The molecule has 0 aliphatic rings. The molecule has 2 aromatic carbocycles. The van der Waals surface area contributed by atoms with Crippen LogP contribution in [0.4, 0.5) is 14.5 Å². The van der Waals surface area contributed by atoms with Gasteiger partial charge in [-0.05, 0) is 52.9 Å². The Balaban J connectivity index is 2.34. The summed E-state index contributed by atoms with van der Waals surface area (Å²) in [5.74, 6) is -2.71. The van der Waals surface area contributed by atoms with Gasteiger partial charge in [-0.1, -0.05) is 17.7 Å². The van der Waals surface area contributed by atoms with Gasteiger partial charge in [0.1, 0.15) is 17.2 Å². The lowest BCUT2D eigenvalue weighted by molar-refractivity contribution is 0.101. The topological polar surface area (TPSA) is 29.1 Å². The van der Waals surface area contributed by atoms with Crippen LogP contribution in [-0.4, -0.2) is 5.91 Å². The molecule has 0 atom stereocenters. The summed E-state index contributed by atoms with van der Waals surface area (Å²) < 4.78 is 27.7. The maximum atomic E-state index is 13.4. The van der Waals surface area contributed by atoms with E-state index in [0.717, 1.165) is 15.7 Å². The second-order valence-corrected chi connectivity index (χ2v) is 5.33. The van der Waals surface area contributed by atoms with Gasteiger partial charge in [-0.25, -0.2) is 8.78 Å². The monoisotopic (exact) mass is 393 g/mol. The van der Waals surface area contributed by atoms with Gasteiger partial charge in [-0.3, -0.25) is 4.79 Å². The molecule has 0 aliphatic heterocycles. The zero-order chi connectivity index (χ0) is 14.0. The van der Waals surface area contributed by atoms with Crippen LogP contribution in [0.3, 0.4) is 0 Å². The van der Waals surface area contributed by atoms with Crippen molar-refractivity contribution in [3.63, 3.8) is 0 Å². The Morgan fingerprint density at radius 1 is 1.16 bits per heavy atom. The summed E-state index contributed by atoms with van der Waals surface area (Å²) in [4.78, 5) is 11.9. The molecule has 1 amide bonds. The van der Waals surface area contributed by atoms with E-state index in [4.69, 9.17) is 11.6 Å². The fourth-order valence-corrected chi connectivity index (χ4v) is 2.15. The van der Waals surface area contributed by atoms with Crippen LogP contribution in [0.15, 0.2) is 36.4 Å². The Hall–Kier alpha value is -1.21. The molecule has 0 saturated carbocycles. The van der Waals surface area contributed by atoms with Crippen molar-refractivity contribution in [1.82, 2.24) is 0 Å². The van der Waals surface area contributed by atoms with Crippen molar-refractivity contribution in [2.45, 2.75) is 0 Å². The first-order valence-electron chi connectivity index (χ1n) is 5.19. The van der Waals surface area contributed by atoms with Crippen LogP contribution in [0, 0.1) is 15.2 Å². The zero-order valence-corrected chi connectivity index (χ0v) is 12.3. The molecule has 2 rings (SSSR count). The van der Waals surface area contributed by atoms with Crippen LogP contribution in [0.1, 0.15) is 10.4 Å². The van der Waals surface area contributed by atoms with E-state index >= 15 is 0 Å². The number of carbonyl (C=O) groups is 1. The molecule has 2 aromatic rings. The SMILES string of the molecule is O=C(Nc1cc(I)ccc1Cl)c1c(F)cccc1F. The highest BCUT2D eigenvalue weighted by molar-refractivity contribution is 14.1. The summed E-state index contributed by atoms with van der Waals surface area (Å²) in [6.45, 7) is 0. The van der Waals surface area contributed by atoms with Crippen molar-refractivity contribution < 1.29 is 13.6 Å². The van der Waals surface area contributed by atoms with E-state index in [1.807, 2.05) is 22.6 Å². The molecule has 0 aromatic heterocycles. The molecule has 19 heavy (non-hydrogen) atoms. The molecule has 0 unspecified atom stereocenters. The fourth-order valence-electron chi connectivity index (χ4n) is 1.49. The van der Waals surface area contributed by atoms with E-state index in [2.05, 4.69) is 5.32 Å². The van der Waals surface area contributed by atoms with Gasteiger partial charge in [0.25, 0.3) is 5.91 Å². The van der Waals surface area contributed by atoms with Crippen molar-refractivity contribution in [2.24, 2.45) is 0 Å². The Bertz CT molecular complexity index is 628. The van der Waals surface area contributed by atoms with Crippen LogP contribution in [0.2, 0.25) is 5.02 Å². The first kappa shape index (κ1) is 14.2. The fraction of sp³-hybridized carbons (Fsp3) is 0. The van der Waals surface area contributed by atoms with Gasteiger partial charge in [0, 0.05) is 3.57 Å².